The smallest absolute Gasteiger partial charge is 0.0134 e. The van der Waals surface area contributed by atoms with Crippen molar-refractivity contribution in [2.75, 3.05) is 0 Å². The van der Waals surface area contributed by atoms with Crippen LogP contribution in [0.4, 0.5) is 0 Å². The summed E-state index contributed by atoms with van der Waals surface area (Å²) in [5, 5.41) is 10.8. The van der Waals surface area contributed by atoms with E-state index in [2.05, 4.69) is 165 Å². The molecule has 0 saturated heterocycles. The van der Waals surface area contributed by atoms with Crippen LogP contribution in [0.3, 0.4) is 0 Å². The molecule has 0 heterocycles. The van der Waals surface area contributed by atoms with Crippen LogP contribution in [0.15, 0.2) is 109 Å². The molecule has 7 rings (SSSR count). The van der Waals surface area contributed by atoms with Crippen molar-refractivity contribution in [2.24, 2.45) is 0 Å². The summed E-state index contributed by atoms with van der Waals surface area (Å²) in [5.41, 5.74) is 10.8. The predicted octanol–water partition coefficient (Wildman–Crippen LogP) is 14.1. The zero-order valence-electron chi connectivity index (χ0n) is 28.7. The molecule has 0 saturated carbocycles. The third-order valence-corrected chi connectivity index (χ3v) is 10.1. The summed E-state index contributed by atoms with van der Waals surface area (Å²) >= 11 is 0. The van der Waals surface area contributed by atoms with Gasteiger partial charge in [-0.15, -0.1) is 0 Å². The van der Waals surface area contributed by atoms with Crippen molar-refractivity contribution >= 4 is 43.1 Å². The average Bonchev–Trinajstić information content (AvgIpc) is 3.05. The molecule has 0 nitrogen and oxygen atoms in total. The van der Waals surface area contributed by atoms with Crippen molar-refractivity contribution in [3.05, 3.63) is 131 Å². The third-order valence-electron chi connectivity index (χ3n) is 10.1. The van der Waals surface area contributed by atoms with E-state index in [9.17, 15) is 0 Å². The summed E-state index contributed by atoms with van der Waals surface area (Å²) in [6, 6.07) is 42.1. The Morgan fingerprint density at radius 1 is 0.283 bits per heavy atom. The molecular weight excluding hydrogens is 553 g/mol. The Labute approximate surface area is 275 Å². The molecule has 46 heavy (non-hydrogen) atoms. The van der Waals surface area contributed by atoms with E-state index in [1.807, 2.05) is 0 Å². The fraction of sp³-hybridized carbons (Fsp3) is 0.261. The van der Waals surface area contributed by atoms with Crippen LogP contribution in [0.25, 0.3) is 65.3 Å². The summed E-state index contributed by atoms with van der Waals surface area (Å²) in [7, 11) is 0. The molecular formula is C46H46. The summed E-state index contributed by atoms with van der Waals surface area (Å²) in [5.74, 6) is 1.86. The Morgan fingerprint density at radius 3 is 0.978 bits per heavy atom. The first-order valence-electron chi connectivity index (χ1n) is 17.2. The first-order chi connectivity index (χ1) is 22.1. The molecule has 0 radical (unpaired) electrons. The molecule has 7 aromatic rings. The molecule has 0 bridgehead atoms. The number of hydrogen-bond donors (Lipinski definition) is 0. The second-order valence-corrected chi connectivity index (χ2v) is 14.6. The normalized spacial score (nSPS) is 12.3. The van der Waals surface area contributed by atoms with Gasteiger partial charge in [-0.3, -0.25) is 0 Å². The van der Waals surface area contributed by atoms with Gasteiger partial charge in [0, 0.05) is 0 Å². The van der Waals surface area contributed by atoms with Gasteiger partial charge in [-0.25, -0.2) is 0 Å². The summed E-state index contributed by atoms with van der Waals surface area (Å²) in [6.07, 6.45) is 0. The van der Waals surface area contributed by atoms with Crippen molar-refractivity contribution in [1.82, 2.24) is 0 Å². The van der Waals surface area contributed by atoms with E-state index in [1.54, 1.807) is 0 Å². The minimum atomic E-state index is 0.397. The maximum Gasteiger partial charge on any atom is -0.0134 e. The average molecular weight is 599 g/mol. The largest absolute Gasteiger partial charge is 0.0587 e. The van der Waals surface area contributed by atoms with Crippen LogP contribution in [0.1, 0.15) is 101 Å². The van der Waals surface area contributed by atoms with Crippen molar-refractivity contribution < 1.29 is 0 Å². The van der Waals surface area contributed by atoms with Crippen LogP contribution in [0, 0.1) is 0 Å². The van der Waals surface area contributed by atoms with Crippen LogP contribution in [-0.4, -0.2) is 0 Å². The maximum atomic E-state index is 2.46. The van der Waals surface area contributed by atoms with E-state index in [4.69, 9.17) is 0 Å². The van der Waals surface area contributed by atoms with Crippen molar-refractivity contribution in [3.8, 4) is 22.3 Å². The van der Waals surface area contributed by atoms with Crippen LogP contribution < -0.4 is 0 Å². The topological polar surface area (TPSA) is 0 Å². The van der Waals surface area contributed by atoms with Crippen LogP contribution in [0.5, 0.6) is 0 Å². The molecule has 0 aliphatic carbocycles. The lowest BCUT2D eigenvalue weighted by Crippen LogP contribution is -2.00. The van der Waals surface area contributed by atoms with Gasteiger partial charge in [0.2, 0.25) is 0 Å². The number of hydrogen-bond acceptors (Lipinski definition) is 0. The van der Waals surface area contributed by atoms with E-state index in [-0.39, 0.29) is 0 Å². The van der Waals surface area contributed by atoms with Crippen LogP contribution in [0.2, 0.25) is 0 Å². The number of benzene rings is 7. The van der Waals surface area contributed by atoms with Gasteiger partial charge >= 0.3 is 0 Å². The maximum absolute atomic E-state index is 2.46. The van der Waals surface area contributed by atoms with Crippen LogP contribution in [-0.2, 0) is 0 Å². The molecule has 0 atom stereocenters. The first-order valence-corrected chi connectivity index (χ1v) is 17.2. The van der Waals surface area contributed by atoms with Gasteiger partial charge in [0.05, 0.1) is 0 Å². The fourth-order valence-electron chi connectivity index (χ4n) is 7.50. The molecule has 0 aliphatic rings. The van der Waals surface area contributed by atoms with E-state index in [1.165, 1.54) is 87.6 Å². The van der Waals surface area contributed by atoms with E-state index in [0.717, 1.165) is 0 Å². The highest BCUT2D eigenvalue weighted by Crippen LogP contribution is 2.43. The summed E-state index contributed by atoms with van der Waals surface area (Å²) in [6.45, 7) is 18.4. The first kappa shape index (κ1) is 30.2. The SMILES string of the molecule is CC(C)c1ccc2cc(-c3ccc4c(C(C)C)c5cc(-c6ccc7cc(C(C)C)ccc7c6)ccc5c(C(C)C)c4c3)ccc2c1. The lowest BCUT2D eigenvalue weighted by Gasteiger charge is -2.22. The molecule has 0 fully saturated rings. The molecule has 0 aromatic heterocycles. The molecule has 0 spiro atoms. The minimum absolute atomic E-state index is 0.397. The Kier molecular flexibility index (Phi) is 7.72. The lowest BCUT2D eigenvalue weighted by molar-refractivity contribution is 0.869. The Hall–Kier alpha value is -4.42. The van der Waals surface area contributed by atoms with Crippen molar-refractivity contribution in [3.63, 3.8) is 0 Å². The Balaban J connectivity index is 1.39. The summed E-state index contributed by atoms with van der Waals surface area (Å²) < 4.78 is 0. The molecule has 7 aromatic carbocycles. The fourth-order valence-corrected chi connectivity index (χ4v) is 7.50. The van der Waals surface area contributed by atoms with Gasteiger partial charge in [-0.1, -0.05) is 140 Å². The van der Waals surface area contributed by atoms with Crippen LogP contribution >= 0.6 is 0 Å². The molecule has 0 unspecified atom stereocenters. The molecule has 0 heteroatoms. The molecule has 0 N–H and O–H groups in total. The van der Waals surface area contributed by atoms with Crippen molar-refractivity contribution in [1.29, 1.82) is 0 Å². The monoisotopic (exact) mass is 598 g/mol. The second kappa shape index (κ2) is 11.7. The third kappa shape index (κ3) is 5.28. The van der Waals surface area contributed by atoms with E-state index >= 15 is 0 Å². The Bertz CT molecular complexity index is 2100. The second-order valence-electron chi connectivity index (χ2n) is 14.6. The number of rotatable bonds is 6. The van der Waals surface area contributed by atoms with Gasteiger partial charge in [0.15, 0.2) is 0 Å². The van der Waals surface area contributed by atoms with Gasteiger partial charge in [0.25, 0.3) is 0 Å². The Morgan fingerprint density at radius 2 is 0.609 bits per heavy atom. The zero-order chi connectivity index (χ0) is 32.3. The highest BCUT2D eigenvalue weighted by Gasteiger charge is 2.19. The highest BCUT2D eigenvalue weighted by atomic mass is 14.2. The van der Waals surface area contributed by atoms with Gasteiger partial charge in [-0.05, 0) is 136 Å². The number of fused-ring (bicyclic) bond motifs is 4. The molecule has 230 valence electrons. The minimum Gasteiger partial charge on any atom is -0.0587 e. The van der Waals surface area contributed by atoms with E-state index < -0.39 is 0 Å². The standard InChI is InChI=1S/C46H46/c1-27(2)31-9-11-35-23-37(15-13-33(35)21-31)39-17-19-41-43(25-39)45(29(5)6)42-20-18-40(26-44(42)46(41)30(7)8)38-16-14-34-22-32(28(3)4)10-12-36(34)24-38/h9-30H,1-8H3. The lowest BCUT2D eigenvalue weighted by atomic mass is 9.81. The quantitative estimate of drug-likeness (QED) is 0.167. The summed E-state index contributed by atoms with van der Waals surface area (Å²) in [4.78, 5) is 0. The molecule has 0 amide bonds. The predicted molar refractivity (Wildman–Crippen MR) is 204 cm³/mol. The van der Waals surface area contributed by atoms with Gasteiger partial charge < -0.3 is 0 Å². The van der Waals surface area contributed by atoms with Gasteiger partial charge in [0.1, 0.15) is 0 Å². The molecule has 0 aliphatic heterocycles. The van der Waals surface area contributed by atoms with E-state index in [0.29, 0.717) is 23.7 Å². The van der Waals surface area contributed by atoms with Crippen molar-refractivity contribution in [2.45, 2.75) is 79.1 Å². The highest BCUT2D eigenvalue weighted by molar-refractivity contribution is 6.09. The zero-order valence-corrected chi connectivity index (χ0v) is 28.7. The van der Waals surface area contributed by atoms with Gasteiger partial charge in [-0.2, -0.15) is 0 Å².